The fourth-order valence-corrected chi connectivity index (χ4v) is 6.48. The van der Waals surface area contributed by atoms with Crippen LogP contribution in [0.4, 0.5) is 0 Å². The molecule has 0 bridgehead atoms. The maximum Gasteiger partial charge on any atom is 0.164 e. The minimum absolute atomic E-state index is 0.420. The maximum absolute atomic E-state index is 9.97. The Morgan fingerprint density at radius 3 is 1.78 bits per heavy atom. The number of nitrogens with zero attached hydrogens (tertiary/aromatic N) is 5. The molecule has 0 aliphatic heterocycles. The van der Waals surface area contributed by atoms with E-state index in [4.69, 9.17) is 15.0 Å². The Bertz CT molecular complexity index is 2460. The molecule has 8 rings (SSSR count). The van der Waals surface area contributed by atoms with Gasteiger partial charge in [0.15, 0.2) is 17.5 Å². The highest BCUT2D eigenvalue weighted by Gasteiger charge is 2.17. The number of nitriles is 1. The summed E-state index contributed by atoms with van der Waals surface area (Å²) in [5, 5.41) is 9.97. The molecule has 0 amide bonds. The molecular formula is C46H33N5. The molecule has 0 saturated carbocycles. The number of rotatable bonds is 7. The second-order valence-electron chi connectivity index (χ2n) is 12.8. The summed E-state index contributed by atoms with van der Waals surface area (Å²) in [6.07, 6.45) is 9.10. The van der Waals surface area contributed by atoms with E-state index in [1.807, 2.05) is 60.7 Å². The van der Waals surface area contributed by atoms with Crippen molar-refractivity contribution in [2.75, 3.05) is 0 Å². The third kappa shape index (κ3) is 6.90. The van der Waals surface area contributed by atoms with E-state index in [2.05, 4.69) is 115 Å². The lowest BCUT2D eigenvalue weighted by molar-refractivity contribution is 0.742. The van der Waals surface area contributed by atoms with Crippen LogP contribution < -0.4 is 0 Å². The van der Waals surface area contributed by atoms with E-state index in [1.165, 1.54) is 0 Å². The van der Waals surface area contributed by atoms with Crippen LogP contribution in [0, 0.1) is 17.2 Å². The summed E-state index contributed by atoms with van der Waals surface area (Å²) in [6.45, 7) is 2.21. The molecule has 1 atom stereocenters. The normalized spacial score (nSPS) is 13.7. The average Bonchev–Trinajstić information content (AvgIpc) is 3.21. The first-order valence-electron chi connectivity index (χ1n) is 17.1. The van der Waals surface area contributed by atoms with E-state index in [-0.39, 0.29) is 0 Å². The van der Waals surface area contributed by atoms with Crippen LogP contribution in [-0.4, -0.2) is 19.9 Å². The molecule has 0 radical (unpaired) electrons. The Kier molecular flexibility index (Phi) is 8.64. The Labute approximate surface area is 298 Å². The standard InChI is InChI=1S/C46H33N5/c1-31-10-7-16-39(24-31)45-49-44(35-11-3-2-4-12-35)50-46(51-45)40-17-9-14-37(28-40)36-13-8-15-38(27-36)42-26-32(30-47)25-41(29-42)33-19-21-34(22-20-33)43-18-5-6-23-48-43/h2-23,25-29,31H,24H2,1H3. The molecule has 2 aromatic heterocycles. The van der Waals surface area contributed by atoms with Crippen molar-refractivity contribution in [1.82, 2.24) is 19.9 Å². The molecule has 0 fully saturated rings. The lowest BCUT2D eigenvalue weighted by Crippen LogP contribution is -2.06. The van der Waals surface area contributed by atoms with E-state index in [0.29, 0.717) is 29.0 Å². The Balaban J connectivity index is 1.14. The zero-order chi connectivity index (χ0) is 34.6. The predicted molar refractivity (Wildman–Crippen MR) is 206 cm³/mol. The van der Waals surface area contributed by atoms with E-state index >= 15 is 0 Å². The number of aromatic nitrogens is 4. The van der Waals surface area contributed by atoms with Crippen LogP contribution in [-0.2, 0) is 0 Å². The van der Waals surface area contributed by atoms with E-state index in [9.17, 15) is 5.26 Å². The SMILES string of the molecule is CC1C=CC=C(c2nc(-c3ccccc3)nc(-c3cccc(-c4cccc(-c5cc(C#N)cc(-c6ccc(-c7ccccn7)cc6)c5)c4)c3)n2)C1. The third-order valence-electron chi connectivity index (χ3n) is 9.12. The number of pyridine rings is 1. The molecule has 0 saturated heterocycles. The zero-order valence-electron chi connectivity index (χ0n) is 28.1. The van der Waals surface area contributed by atoms with E-state index in [0.717, 1.165) is 67.8 Å². The van der Waals surface area contributed by atoms with E-state index < -0.39 is 0 Å². The summed E-state index contributed by atoms with van der Waals surface area (Å²) in [6, 6.07) is 49.5. The van der Waals surface area contributed by atoms with Crippen molar-refractivity contribution in [1.29, 1.82) is 5.26 Å². The second kappa shape index (κ2) is 14.0. The quantitative estimate of drug-likeness (QED) is 0.171. The highest BCUT2D eigenvalue weighted by molar-refractivity contribution is 5.80. The van der Waals surface area contributed by atoms with Gasteiger partial charge in [-0.3, -0.25) is 4.98 Å². The zero-order valence-corrected chi connectivity index (χ0v) is 28.1. The Morgan fingerprint density at radius 2 is 1.10 bits per heavy atom. The van der Waals surface area contributed by atoms with Crippen LogP contribution in [0.15, 0.2) is 164 Å². The molecule has 242 valence electrons. The lowest BCUT2D eigenvalue weighted by Gasteiger charge is -2.15. The van der Waals surface area contributed by atoms with Crippen molar-refractivity contribution in [3.8, 4) is 73.5 Å². The number of benzene rings is 5. The molecular weight excluding hydrogens is 623 g/mol. The average molecular weight is 656 g/mol. The maximum atomic E-state index is 9.97. The van der Waals surface area contributed by atoms with Crippen LogP contribution in [0.1, 0.15) is 24.7 Å². The molecule has 51 heavy (non-hydrogen) atoms. The van der Waals surface area contributed by atoms with Crippen molar-refractivity contribution < 1.29 is 0 Å². The van der Waals surface area contributed by atoms with Gasteiger partial charge in [0, 0.05) is 22.9 Å². The van der Waals surface area contributed by atoms with Gasteiger partial charge in [0.2, 0.25) is 0 Å². The lowest BCUT2D eigenvalue weighted by atomic mass is 9.93. The third-order valence-corrected chi connectivity index (χ3v) is 9.12. The Morgan fingerprint density at radius 1 is 0.529 bits per heavy atom. The van der Waals surface area contributed by atoms with Crippen LogP contribution in [0.25, 0.3) is 73.0 Å². The van der Waals surface area contributed by atoms with Crippen molar-refractivity contribution >= 4 is 5.57 Å². The van der Waals surface area contributed by atoms with Crippen LogP contribution in [0.2, 0.25) is 0 Å². The topological polar surface area (TPSA) is 75.3 Å². The molecule has 0 N–H and O–H groups in total. The largest absolute Gasteiger partial charge is 0.256 e. The molecule has 0 spiro atoms. The molecule has 1 unspecified atom stereocenters. The molecule has 2 heterocycles. The van der Waals surface area contributed by atoms with Crippen LogP contribution in [0.3, 0.4) is 0 Å². The summed E-state index contributed by atoms with van der Waals surface area (Å²) in [4.78, 5) is 19.4. The first-order chi connectivity index (χ1) is 25.1. The van der Waals surface area contributed by atoms with Crippen molar-refractivity contribution in [2.45, 2.75) is 13.3 Å². The molecule has 1 aliphatic rings. The van der Waals surface area contributed by atoms with Gasteiger partial charge in [0.1, 0.15) is 0 Å². The molecule has 7 aromatic rings. The van der Waals surface area contributed by atoms with Gasteiger partial charge >= 0.3 is 0 Å². The van der Waals surface area contributed by atoms with Gasteiger partial charge in [-0.1, -0.05) is 122 Å². The summed E-state index contributed by atoms with van der Waals surface area (Å²) >= 11 is 0. The predicted octanol–water partition coefficient (Wildman–Crippen LogP) is 11.1. The minimum atomic E-state index is 0.420. The van der Waals surface area contributed by atoms with Gasteiger partial charge in [-0.05, 0) is 93.8 Å². The van der Waals surface area contributed by atoms with Crippen molar-refractivity contribution in [3.05, 3.63) is 175 Å². The monoisotopic (exact) mass is 655 g/mol. The highest BCUT2D eigenvalue weighted by Crippen LogP contribution is 2.34. The summed E-state index contributed by atoms with van der Waals surface area (Å²) in [5.74, 6) is 2.43. The van der Waals surface area contributed by atoms with E-state index in [1.54, 1.807) is 6.20 Å². The fraction of sp³-hybridized carbons (Fsp3) is 0.0652. The molecule has 5 heteroatoms. The van der Waals surface area contributed by atoms with Crippen molar-refractivity contribution in [3.63, 3.8) is 0 Å². The smallest absolute Gasteiger partial charge is 0.164 e. The van der Waals surface area contributed by atoms with Crippen molar-refractivity contribution in [2.24, 2.45) is 5.92 Å². The number of allylic oxidation sites excluding steroid dienone is 4. The highest BCUT2D eigenvalue weighted by atomic mass is 15.0. The number of hydrogen-bond acceptors (Lipinski definition) is 5. The number of hydrogen-bond donors (Lipinski definition) is 0. The fourth-order valence-electron chi connectivity index (χ4n) is 6.48. The van der Waals surface area contributed by atoms with Crippen LogP contribution >= 0.6 is 0 Å². The van der Waals surface area contributed by atoms with Gasteiger partial charge < -0.3 is 0 Å². The molecule has 1 aliphatic carbocycles. The van der Waals surface area contributed by atoms with Gasteiger partial charge in [-0.2, -0.15) is 5.26 Å². The summed E-state index contributed by atoms with van der Waals surface area (Å²) in [5.41, 5.74) is 11.7. The van der Waals surface area contributed by atoms with Gasteiger partial charge in [0.25, 0.3) is 0 Å². The van der Waals surface area contributed by atoms with Gasteiger partial charge in [-0.25, -0.2) is 15.0 Å². The second-order valence-corrected chi connectivity index (χ2v) is 12.8. The van der Waals surface area contributed by atoms with Crippen LogP contribution in [0.5, 0.6) is 0 Å². The summed E-state index contributed by atoms with van der Waals surface area (Å²) in [7, 11) is 0. The first kappa shape index (κ1) is 31.5. The first-order valence-corrected chi connectivity index (χ1v) is 17.1. The summed E-state index contributed by atoms with van der Waals surface area (Å²) < 4.78 is 0. The molecule has 5 aromatic carbocycles. The molecule has 5 nitrogen and oxygen atoms in total. The van der Waals surface area contributed by atoms with Gasteiger partial charge in [0.05, 0.1) is 17.3 Å². The Hall–Kier alpha value is -6.77. The minimum Gasteiger partial charge on any atom is -0.256 e. The van der Waals surface area contributed by atoms with Gasteiger partial charge in [-0.15, -0.1) is 0 Å².